The summed E-state index contributed by atoms with van der Waals surface area (Å²) in [4.78, 5) is 27.1. The average Bonchev–Trinajstić information content (AvgIpc) is 2.73. The number of halogens is 1. The van der Waals surface area contributed by atoms with Gasteiger partial charge in [-0.05, 0) is 48.9 Å². The Kier molecular flexibility index (Phi) is 6.53. The van der Waals surface area contributed by atoms with E-state index in [1.165, 1.54) is 6.08 Å². The molecule has 2 aromatic carbocycles. The summed E-state index contributed by atoms with van der Waals surface area (Å²) in [6, 6.07) is 12.8. The molecular weight excluding hydrogens is 380 g/mol. The summed E-state index contributed by atoms with van der Waals surface area (Å²) >= 11 is 3.35. The first-order valence-corrected chi connectivity index (χ1v) is 8.79. The molecule has 0 saturated carbocycles. The van der Waals surface area contributed by atoms with Crippen LogP contribution in [0.3, 0.4) is 0 Å². The second-order valence-corrected chi connectivity index (χ2v) is 6.65. The normalized spacial score (nSPS) is 10.7. The summed E-state index contributed by atoms with van der Waals surface area (Å²) in [5.74, 6) is -0.322. The molecule has 5 heteroatoms. The van der Waals surface area contributed by atoms with E-state index in [2.05, 4.69) is 21.2 Å². The van der Waals surface area contributed by atoms with E-state index in [0.717, 1.165) is 11.3 Å². The Morgan fingerprint density at radius 1 is 1.16 bits per heavy atom. The van der Waals surface area contributed by atoms with Gasteiger partial charge in [0.15, 0.2) is 5.78 Å². The number of nitrogens with zero attached hydrogens (tertiary/aromatic N) is 1. The van der Waals surface area contributed by atoms with Crippen molar-refractivity contribution in [2.75, 3.05) is 30.9 Å². The van der Waals surface area contributed by atoms with Crippen LogP contribution in [0.2, 0.25) is 0 Å². The first-order chi connectivity index (χ1) is 11.9. The van der Waals surface area contributed by atoms with Crippen LogP contribution in [0.25, 0.3) is 6.08 Å². The predicted octanol–water partition coefficient (Wildman–Crippen LogP) is 4.20. The number of rotatable bonds is 6. The van der Waals surface area contributed by atoms with Crippen molar-refractivity contribution in [3.05, 3.63) is 74.4 Å². The van der Waals surface area contributed by atoms with Gasteiger partial charge < -0.3 is 10.2 Å². The van der Waals surface area contributed by atoms with E-state index >= 15 is 0 Å². The molecule has 0 aliphatic carbocycles. The van der Waals surface area contributed by atoms with Crippen LogP contribution in [0, 0.1) is 0 Å². The van der Waals surface area contributed by atoms with Gasteiger partial charge in [-0.1, -0.05) is 34.1 Å². The topological polar surface area (TPSA) is 49.4 Å². The summed E-state index contributed by atoms with van der Waals surface area (Å²) in [5, 5.41) is 2.99. The third-order valence-corrected chi connectivity index (χ3v) is 4.14. The van der Waals surface area contributed by atoms with Gasteiger partial charge in [-0.3, -0.25) is 9.59 Å². The van der Waals surface area contributed by atoms with Crippen LogP contribution in [0.5, 0.6) is 0 Å². The van der Waals surface area contributed by atoms with Crippen molar-refractivity contribution in [2.24, 2.45) is 0 Å². The largest absolute Gasteiger partial charge is 0.382 e. The van der Waals surface area contributed by atoms with E-state index in [1.54, 1.807) is 24.3 Å². The summed E-state index contributed by atoms with van der Waals surface area (Å²) in [6.45, 7) is 2.51. The van der Waals surface area contributed by atoms with Crippen LogP contribution in [0.4, 0.5) is 11.4 Å². The zero-order valence-corrected chi connectivity index (χ0v) is 16.1. The molecule has 0 aliphatic heterocycles. The van der Waals surface area contributed by atoms with Gasteiger partial charge in [-0.15, -0.1) is 0 Å². The Bertz CT molecular complexity index is 843. The van der Waals surface area contributed by atoms with Crippen molar-refractivity contribution in [3.8, 4) is 0 Å². The lowest BCUT2D eigenvalue weighted by Gasteiger charge is -2.11. The molecule has 0 heterocycles. The molecule has 0 bridgehead atoms. The first-order valence-electron chi connectivity index (χ1n) is 8.00. The zero-order chi connectivity index (χ0) is 18.4. The van der Waals surface area contributed by atoms with Gasteiger partial charge in [-0.2, -0.15) is 0 Å². The van der Waals surface area contributed by atoms with Crippen LogP contribution >= 0.6 is 15.9 Å². The zero-order valence-electron chi connectivity index (χ0n) is 14.5. The maximum Gasteiger partial charge on any atom is 0.212 e. The predicted molar refractivity (Wildman–Crippen MR) is 109 cm³/mol. The minimum absolute atomic E-state index is 0.133. The van der Waals surface area contributed by atoms with Gasteiger partial charge in [0.2, 0.25) is 5.43 Å². The number of hydrogen-bond donors (Lipinski definition) is 1. The molecule has 0 unspecified atom stereocenters. The first kappa shape index (κ1) is 18.9. The van der Waals surface area contributed by atoms with Crippen molar-refractivity contribution < 1.29 is 4.79 Å². The molecule has 0 saturated heterocycles. The third-order valence-electron chi connectivity index (χ3n) is 3.65. The van der Waals surface area contributed by atoms with Crippen LogP contribution in [0.1, 0.15) is 22.8 Å². The average molecular weight is 401 g/mol. The highest BCUT2D eigenvalue weighted by Gasteiger charge is 2.10. The highest BCUT2D eigenvalue weighted by molar-refractivity contribution is 9.10. The highest BCUT2D eigenvalue weighted by atomic mass is 79.9. The van der Waals surface area contributed by atoms with Crippen molar-refractivity contribution >= 4 is 39.2 Å². The van der Waals surface area contributed by atoms with Gasteiger partial charge in [0.25, 0.3) is 0 Å². The monoisotopic (exact) mass is 400 g/mol. The summed E-state index contributed by atoms with van der Waals surface area (Å²) < 4.78 is 0.681. The van der Waals surface area contributed by atoms with E-state index in [-0.39, 0.29) is 16.8 Å². The number of nitrogens with one attached hydrogen (secondary N) is 1. The van der Waals surface area contributed by atoms with E-state index < -0.39 is 0 Å². The van der Waals surface area contributed by atoms with Crippen molar-refractivity contribution in [1.29, 1.82) is 0 Å². The highest BCUT2D eigenvalue weighted by Crippen LogP contribution is 2.15. The molecule has 0 aromatic heterocycles. The minimum atomic E-state index is -0.322. The maximum absolute atomic E-state index is 12.5. The van der Waals surface area contributed by atoms with Gasteiger partial charge in [0.05, 0.1) is 11.3 Å². The molecule has 0 fully saturated rings. The summed E-state index contributed by atoms with van der Waals surface area (Å²) in [6.07, 6.45) is 3.15. The van der Waals surface area contributed by atoms with Crippen molar-refractivity contribution in [1.82, 2.24) is 0 Å². The molecule has 0 spiro atoms. The number of carbonyl (C=O) groups excluding carboxylic acids is 1. The number of carbonyl (C=O) groups is 1. The number of hydrogen-bond acceptors (Lipinski definition) is 4. The molecule has 1 N–H and O–H groups in total. The minimum Gasteiger partial charge on any atom is -0.382 e. The Hall–Kier alpha value is -2.40. The lowest BCUT2D eigenvalue weighted by molar-refractivity contribution is 0.104. The van der Waals surface area contributed by atoms with Crippen LogP contribution in [-0.4, -0.2) is 26.4 Å². The number of benzene rings is 1. The van der Waals surface area contributed by atoms with Gasteiger partial charge >= 0.3 is 0 Å². The Balaban J connectivity index is 2.31. The molecule has 0 atom stereocenters. The molecule has 0 radical (unpaired) electrons. The SMILES string of the molecule is CCNc1ccc(Br)cc(C(=O)/C=C\c2ccc(N(C)C)cc2)c1=O. The number of ketones is 1. The Morgan fingerprint density at radius 3 is 2.44 bits per heavy atom. The standard InChI is InChI=1S/C20H21BrN2O2/c1-4-22-18-11-8-15(21)13-17(20(18)25)19(24)12-7-14-5-9-16(10-6-14)23(2)3/h5-13H,4H2,1-3H3,(H,22,25)/b12-7-. The summed E-state index contributed by atoms with van der Waals surface area (Å²) in [7, 11) is 3.94. The maximum atomic E-state index is 12.5. The Labute approximate surface area is 156 Å². The second kappa shape index (κ2) is 8.62. The van der Waals surface area contributed by atoms with Gasteiger partial charge in [0.1, 0.15) is 0 Å². The molecule has 130 valence electrons. The van der Waals surface area contributed by atoms with E-state index in [9.17, 15) is 9.59 Å². The van der Waals surface area contributed by atoms with Crippen LogP contribution in [0.15, 0.2) is 57.8 Å². The van der Waals surface area contributed by atoms with E-state index in [0.29, 0.717) is 16.7 Å². The van der Waals surface area contributed by atoms with E-state index in [1.807, 2.05) is 50.2 Å². The van der Waals surface area contributed by atoms with Crippen LogP contribution < -0.4 is 15.6 Å². The molecule has 2 rings (SSSR count). The number of allylic oxidation sites excluding steroid dienone is 1. The quantitative estimate of drug-likeness (QED) is 0.582. The third kappa shape index (κ3) is 5.03. The molecule has 2 aromatic rings. The van der Waals surface area contributed by atoms with Gasteiger partial charge in [-0.25, -0.2) is 0 Å². The van der Waals surface area contributed by atoms with E-state index in [4.69, 9.17) is 0 Å². The second-order valence-electron chi connectivity index (χ2n) is 5.73. The molecule has 25 heavy (non-hydrogen) atoms. The Morgan fingerprint density at radius 2 is 1.84 bits per heavy atom. The fourth-order valence-corrected chi connectivity index (χ4v) is 2.65. The molecule has 0 amide bonds. The van der Waals surface area contributed by atoms with Crippen molar-refractivity contribution in [2.45, 2.75) is 6.92 Å². The molecular formula is C20H21BrN2O2. The fraction of sp³-hybridized carbons (Fsp3) is 0.200. The molecule has 0 aliphatic rings. The number of anilines is 2. The lowest BCUT2D eigenvalue weighted by atomic mass is 10.1. The van der Waals surface area contributed by atoms with Crippen molar-refractivity contribution in [3.63, 3.8) is 0 Å². The fourth-order valence-electron chi connectivity index (χ4n) is 2.29. The smallest absolute Gasteiger partial charge is 0.212 e. The summed E-state index contributed by atoms with van der Waals surface area (Å²) in [5.41, 5.74) is 2.23. The van der Waals surface area contributed by atoms with Gasteiger partial charge in [0, 0.05) is 30.8 Å². The molecule has 4 nitrogen and oxygen atoms in total. The lowest BCUT2D eigenvalue weighted by Crippen LogP contribution is -2.15. The van der Waals surface area contributed by atoms with Crippen LogP contribution in [-0.2, 0) is 0 Å².